The number of rotatable bonds is 2. The predicted octanol–water partition coefficient (Wildman–Crippen LogP) is 1.67. The fraction of sp³-hybridized carbons (Fsp3) is 0.917. The van der Waals surface area contributed by atoms with Gasteiger partial charge in [0, 0.05) is 12.8 Å². The Balaban J connectivity index is 2.15. The van der Waals surface area contributed by atoms with E-state index < -0.39 is 5.60 Å². The summed E-state index contributed by atoms with van der Waals surface area (Å²) in [6.07, 6.45) is 2.46. The number of epoxide rings is 1. The number of hydrogen-bond donors (Lipinski definition) is 0. The lowest BCUT2D eigenvalue weighted by Crippen LogP contribution is -2.45. The third-order valence-corrected chi connectivity index (χ3v) is 4.17. The molecule has 2 fully saturated rings. The molecule has 0 aromatic rings. The van der Waals surface area contributed by atoms with Crippen LogP contribution in [0, 0.1) is 0 Å². The monoisotopic (exact) mass is 228 g/mol. The molecule has 2 heterocycles. The van der Waals surface area contributed by atoms with E-state index in [9.17, 15) is 4.79 Å². The molecule has 0 aromatic heterocycles. The van der Waals surface area contributed by atoms with Crippen LogP contribution < -0.4 is 0 Å². The van der Waals surface area contributed by atoms with Gasteiger partial charge in [-0.2, -0.15) is 0 Å². The van der Waals surface area contributed by atoms with Gasteiger partial charge < -0.3 is 14.2 Å². The minimum Gasteiger partial charge on any atom is -0.467 e. The molecule has 2 aliphatic heterocycles. The smallest absolute Gasteiger partial charge is 0.340 e. The Bertz CT molecular complexity index is 316. The van der Waals surface area contributed by atoms with Crippen LogP contribution in [-0.4, -0.2) is 36.5 Å². The van der Waals surface area contributed by atoms with Gasteiger partial charge in [0.2, 0.25) is 0 Å². The molecule has 0 N–H and O–H groups in total. The molecule has 1 spiro atoms. The second-order valence-electron chi connectivity index (χ2n) is 5.20. The van der Waals surface area contributed by atoms with Gasteiger partial charge in [-0.3, -0.25) is 0 Å². The average Bonchev–Trinajstić information content (AvgIpc) is 2.82. The Kier molecular flexibility index (Phi) is 2.55. The van der Waals surface area contributed by atoms with Crippen LogP contribution in [0.1, 0.15) is 40.0 Å². The normalized spacial score (nSPS) is 46.8. The highest BCUT2D eigenvalue weighted by Crippen LogP contribution is 2.58. The Hall–Kier alpha value is -0.610. The molecule has 2 rings (SSSR count). The van der Waals surface area contributed by atoms with Crippen LogP contribution in [0.15, 0.2) is 0 Å². The van der Waals surface area contributed by atoms with Gasteiger partial charge in [-0.15, -0.1) is 0 Å². The molecule has 92 valence electrons. The first-order chi connectivity index (χ1) is 7.41. The van der Waals surface area contributed by atoms with Crippen LogP contribution in [0.4, 0.5) is 0 Å². The summed E-state index contributed by atoms with van der Waals surface area (Å²) in [5.41, 5.74) is -1.30. The molecule has 16 heavy (non-hydrogen) atoms. The van der Waals surface area contributed by atoms with Crippen molar-refractivity contribution in [1.29, 1.82) is 0 Å². The summed E-state index contributed by atoms with van der Waals surface area (Å²) < 4.78 is 16.3. The Morgan fingerprint density at radius 2 is 2.12 bits per heavy atom. The van der Waals surface area contributed by atoms with E-state index in [1.54, 1.807) is 0 Å². The van der Waals surface area contributed by atoms with Crippen molar-refractivity contribution in [3.63, 3.8) is 0 Å². The molecule has 0 amide bonds. The molecule has 3 unspecified atom stereocenters. The molecule has 3 atom stereocenters. The SMILES string of the molecule is CCC1(C)CC2(CCO1)OC2(C)C(=O)OC. The second-order valence-corrected chi connectivity index (χ2v) is 5.20. The zero-order chi connectivity index (χ0) is 12.0. The van der Waals surface area contributed by atoms with Crippen LogP contribution in [0.3, 0.4) is 0 Å². The minimum absolute atomic E-state index is 0.177. The first-order valence-electron chi connectivity index (χ1n) is 5.84. The molecule has 2 saturated heterocycles. The summed E-state index contributed by atoms with van der Waals surface area (Å²) in [7, 11) is 1.40. The summed E-state index contributed by atoms with van der Waals surface area (Å²) in [5.74, 6) is -0.271. The minimum atomic E-state index is -0.762. The van der Waals surface area contributed by atoms with Crippen molar-refractivity contribution in [2.75, 3.05) is 13.7 Å². The first kappa shape index (κ1) is 11.9. The van der Waals surface area contributed by atoms with E-state index >= 15 is 0 Å². The summed E-state index contributed by atoms with van der Waals surface area (Å²) in [6, 6.07) is 0. The fourth-order valence-electron chi connectivity index (χ4n) is 2.71. The van der Waals surface area contributed by atoms with Gasteiger partial charge >= 0.3 is 5.97 Å². The number of esters is 1. The van der Waals surface area contributed by atoms with Crippen LogP contribution in [-0.2, 0) is 19.0 Å². The van der Waals surface area contributed by atoms with Crippen molar-refractivity contribution >= 4 is 5.97 Å². The highest BCUT2D eigenvalue weighted by Gasteiger charge is 2.74. The maximum Gasteiger partial charge on any atom is 0.340 e. The molecular formula is C12H20O4. The van der Waals surface area contributed by atoms with Crippen molar-refractivity contribution in [2.24, 2.45) is 0 Å². The number of methoxy groups -OCH3 is 1. The fourth-order valence-corrected chi connectivity index (χ4v) is 2.71. The van der Waals surface area contributed by atoms with Gasteiger partial charge in [0.15, 0.2) is 5.60 Å². The zero-order valence-corrected chi connectivity index (χ0v) is 10.5. The van der Waals surface area contributed by atoms with Gasteiger partial charge in [-0.25, -0.2) is 4.79 Å². The Morgan fingerprint density at radius 1 is 1.44 bits per heavy atom. The summed E-state index contributed by atoms with van der Waals surface area (Å²) in [5, 5.41) is 0. The maximum absolute atomic E-state index is 11.7. The quantitative estimate of drug-likeness (QED) is 0.533. The van der Waals surface area contributed by atoms with Gasteiger partial charge in [0.05, 0.1) is 19.3 Å². The summed E-state index contributed by atoms with van der Waals surface area (Å²) >= 11 is 0. The van der Waals surface area contributed by atoms with Crippen molar-refractivity contribution in [2.45, 2.75) is 56.8 Å². The van der Waals surface area contributed by atoms with E-state index in [1.165, 1.54) is 7.11 Å². The Morgan fingerprint density at radius 3 is 2.69 bits per heavy atom. The largest absolute Gasteiger partial charge is 0.467 e. The van der Waals surface area contributed by atoms with Crippen LogP contribution in [0.2, 0.25) is 0 Å². The Labute approximate surface area is 96.2 Å². The molecule has 0 saturated carbocycles. The van der Waals surface area contributed by atoms with Gasteiger partial charge in [0.25, 0.3) is 0 Å². The second kappa shape index (κ2) is 3.44. The highest BCUT2D eigenvalue weighted by molar-refractivity contribution is 5.84. The van der Waals surface area contributed by atoms with Crippen LogP contribution in [0.25, 0.3) is 0 Å². The molecule has 2 aliphatic rings. The molecule has 4 heteroatoms. The lowest BCUT2D eigenvalue weighted by molar-refractivity contribution is -0.146. The van der Waals surface area contributed by atoms with E-state index in [0.717, 1.165) is 19.3 Å². The van der Waals surface area contributed by atoms with E-state index in [1.807, 2.05) is 6.92 Å². The van der Waals surface area contributed by atoms with Gasteiger partial charge in [0.1, 0.15) is 5.60 Å². The third-order valence-electron chi connectivity index (χ3n) is 4.17. The topological polar surface area (TPSA) is 48.1 Å². The highest BCUT2D eigenvalue weighted by atomic mass is 16.7. The molecule has 0 aromatic carbocycles. The van der Waals surface area contributed by atoms with E-state index in [-0.39, 0.29) is 17.2 Å². The molecule has 0 bridgehead atoms. The molecule has 0 aliphatic carbocycles. The number of carbonyl (C=O) groups is 1. The van der Waals surface area contributed by atoms with E-state index in [2.05, 4.69) is 13.8 Å². The standard InChI is InChI=1S/C12H20O4/c1-5-10(2)8-12(6-7-15-10)11(3,16-12)9(13)14-4/h5-8H2,1-4H3. The first-order valence-corrected chi connectivity index (χ1v) is 5.84. The molecule has 4 nitrogen and oxygen atoms in total. The summed E-state index contributed by atoms with van der Waals surface area (Å²) in [4.78, 5) is 11.7. The van der Waals surface area contributed by atoms with Crippen LogP contribution in [0.5, 0.6) is 0 Å². The van der Waals surface area contributed by atoms with Crippen molar-refractivity contribution in [1.82, 2.24) is 0 Å². The maximum atomic E-state index is 11.7. The van der Waals surface area contributed by atoms with Gasteiger partial charge in [-0.1, -0.05) is 6.92 Å². The third kappa shape index (κ3) is 1.47. The van der Waals surface area contributed by atoms with Crippen molar-refractivity contribution in [3.05, 3.63) is 0 Å². The number of ether oxygens (including phenoxy) is 3. The lowest BCUT2D eigenvalue weighted by atomic mass is 9.78. The van der Waals surface area contributed by atoms with Gasteiger partial charge in [-0.05, 0) is 20.3 Å². The van der Waals surface area contributed by atoms with Crippen LogP contribution >= 0.6 is 0 Å². The number of hydrogen-bond acceptors (Lipinski definition) is 4. The van der Waals surface area contributed by atoms with Crippen molar-refractivity contribution < 1.29 is 19.0 Å². The predicted molar refractivity (Wildman–Crippen MR) is 58.1 cm³/mol. The van der Waals surface area contributed by atoms with E-state index in [0.29, 0.717) is 6.61 Å². The van der Waals surface area contributed by atoms with Crippen molar-refractivity contribution in [3.8, 4) is 0 Å². The zero-order valence-electron chi connectivity index (χ0n) is 10.5. The van der Waals surface area contributed by atoms with E-state index in [4.69, 9.17) is 14.2 Å². The number of carbonyl (C=O) groups excluding carboxylic acids is 1. The average molecular weight is 228 g/mol. The lowest BCUT2D eigenvalue weighted by Gasteiger charge is -2.37. The molecule has 0 radical (unpaired) electrons. The summed E-state index contributed by atoms with van der Waals surface area (Å²) in [6.45, 7) is 6.64. The molecular weight excluding hydrogens is 208 g/mol.